The summed E-state index contributed by atoms with van der Waals surface area (Å²) in [5, 5.41) is 22.2. The number of aromatic nitrogens is 4. The molecule has 2 aromatic rings. The number of alkyl halides is 1. The van der Waals surface area contributed by atoms with E-state index in [2.05, 4.69) is 20.3 Å². The van der Waals surface area contributed by atoms with Crippen molar-refractivity contribution in [2.75, 3.05) is 24.2 Å². The van der Waals surface area contributed by atoms with Crippen LogP contribution in [0.5, 0.6) is 0 Å². The topological polar surface area (TPSA) is 131 Å². The number of hydrogen-bond donors (Lipinski definition) is 4. The molecule has 0 bridgehead atoms. The minimum absolute atomic E-state index is 0.00742. The zero-order valence-electron chi connectivity index (χ0n) is 12.8. The molecular weight excluding hydrogens is 307 g/mol. The molecule has 3 heterocycles. The van der Waals surface area contributed by atoms with E-state index < -0.39 is 30.7 Å². The summed E-state index contributed by atoms with van der Waals surface area (Å²) in [6.45, 7) is 3.20. The number of ether oxygens (including phenoxy) is 1. The van der Waals surface area contributed by atoms with Gasteiger partial charge in [0.15, 0.2) is 28.9 Å². The smallest absolute Gasteiger partial charge is 0.224 e. The van der Waals surface area contributed by atoms with Crippen LogP contribution in [0.4, 0.5) is 16.2 Å². The minimum atomic E-state index is -2.13. The number of aliphatic hydroxyl groups excluding tert-OH is 2. The molecular formula is C13H19FN6O3. The monoisotopic (exact) mass is 326 g/mol. The largest absolute Gasteiger partial charge is 0.394 e. The van der Waals surface area contributed by atoms with Crippen molar-refractivity contribution in [2.45, 2.75) is 38.0 Å². The predicted octanol–water partition coefficient (Wildman–Crippen LogP) is -0.181. The van der Waals surface area contributed by atoms with E-state index >= 15 is 0 Å². The molecule has 1 saturated heterocycles. The number of hydrogen-bond acceptors (Lipinski definition) is 8. The van der Waals surface area contributed by atoms with Crippen molar-refractivity contribution in [2.24, 2.45) is 0 Å². The molecule has 3 rings (SSSR count). The van der Waals surface area contributed by atoms with Gasteiger partial charge in [-0.2, -0.15) is 9.97 Å². The van der Waals surface area contributed by atoms with Gasteiger partial charge in [0, 0.05) is 6.54 Å². The lowest BCUT2D eigenvalue weighted by molar-refractivity contribution is -0.0566. The standard InChI is InChI=1S/C13H19FN6O3/c1-3-16-9-7-10(19-12(15)18-9)20(5-17-7)11-13(2,14)8(22)6(4-21)23-11/h5-6,8,11,21-22H,3-4H2,1-2H3,(H3,15,16,18,19)/t6-,8-,11-,13-/m1/s1. The van der Waals surface area contributed by atoms with Crippen LogP contribution in [-0.2, 0) is 4.74 Å². The summed E-state index contributed by atoms with van der Waals surface area (Å²) in [6.07, 6.45) is -2.33. The van der Waals surface area contributed by atoms with Crippen molar-refractivity contribution in [1.29, 1.82) is 0 Å². The van der Waals surface area contributed by atoms with Gasteiger partial charge in [-0.3, -0.25) is 4.57 Å². The van der Waals surface area contributed by atoms with E-state index in [0.29, 0.717) is 17.9 Å². The highest BCUT2D eigenvalue weighted by atomic mass is 19.1. The lowest BCUT2D eigenvalue weighted by Gasteiger charge is -2.24. The molecule has 4 atom stereocenters. The zero-order chi connectivity index (χ0) is 16.8. The molecule has 0 spiro atoms. The predicted molar refractivity (Wildman–Crippen MR) is 80.4 cm³/mol. The van der Waals surface area contributed by atoms with Crippen LogP contribution in [0.2, 0.25) is 0 Å². The first-order valence-corrected chi connectivity index (χ1v) is 7.27. The fraction of sp³-hybridized carbons (Fsp3) is 0.615. The van der Waals surface area contributed by atoms with E-state index in [1.807, 2.05) is 6.92 Å². The first-order chi connectivity index (χ1) is 10.9. The zero-order valence-corrected chi connectivity index (χ0v) is 12.8. The second-order valence-corrected chi connectivity index (χ2v) is 5.59. The van der Waals surface area contributed by atoms with Crippen molar-refractivity contribution < 1.29 is 19.3 Å². The number of nitrogen functional groups attached to an aromatic ring is 1. The number of halogens is 1. The highest BCUT2D eigenvalue weighted by Gasteiger charge is 2.55. The number of anilines is 2. The van der Waals surface area contributed by atoms with Gasteiger partial charge in [0.25, 0.3) is 0 Å². The average Bonchev–Trinajstić information content (AvgIpc) is 3.00. The lowest BCUT2D eigenvalue weighted by Crippen LogP contribution is -2.40. The van der Waals surface area contributed by atoms with Crippen molar-refractivity contribution in [1.82, 2.24) is 19.5 Å². The molecule has 0 amide bonds. The summed E-state index contributed by atoms with van der Waals surface area (Å²) < 4.78 is 21.7. The van der Waals surface area contributed by atoms with E-state index in [1.54, 1.807) is 0 Å². The fourth-order valence-electron chi connectivity index (χ4n) is 2.76. The van der Waals surface area contributed by atoms with Gasteiger partial charge in [-0.25, -0.2) is 9.37 Å². The third-order valence-electron chi connectivity index (χ3n) is 3.93. The van der Waals surface area contributed by atoms with Gasteiger partial charge in [-0.1, -0.05) is 0 Å². The number of nitrogens with zero attached hydrogens (tertiary/aromatic N) is 4. The Bertz CT molecular complexity index is 721. The Balaban J connectivity index is 2.10. The van der Waals surface area contributed by atoms with Crippen LogP contribution in [0.3, 0.4) is 0 Å². The molecule has 5 N–H and O–H groups in total. The molecule has 1 aliphatic rings. The molecule has 0 radical (unpaired) electrons. The maximum absolute atomic E-state index is 14.9. The van der Waals surface area contributed by atoms with E-state index in [9.17, 15) is 14.6 Å². The quantitative estimate of drug-likeness (QED) is 0.608. The molecule has 9 nitrogen and oxygen atoms in total. The average molecular weight is 326 g/mol. The van der Waals surface area contributed by atoms with E-state index in [4.69, 9.17) is 10.5 Å². The van der Waals surface area contributed by atoms with Crippen LogP contribution in [0.25, 0.3) is 11.2 Å². The summed E-state index contributed by atoms with van der Waals surface area (Å²) in [4.78, 5) is 12.4. The van der Waals surface area contributed by atoms with Gasteiger partial charge in [0.05, 0.1) is 12.9 Å². The van der Waals surface area contributed by atoms with Gasteiger partial charge in [-0.15, -0.1) is 0 Å². The molecule has 126 valence electrons. The third-order valence-corrected chi connectivity index (χ3v) is 3.93. The van der Waals surface area contributed by atoms with Gasteiger partial charge in [0.1, 0.15) is 12.2 Å². The van der Waals surface area contributed by atoms with Gasteiger partial charge in [0.2, 0.25) is 5.95 Å². The van der Waals surface area contributed by atoms with E-state index in [1.165, 1.54) is 17.8 Å². The molecule has 0 saturated carbocycles. The summed E-state index contributed by atoms with van der Waals surface area (Å²) in [5.74, 6) is 0.444. The molecule has 23 heavy (non-hydrogen) atoms. The summed E-state index contributed by atoms with van der Waals surface area (Å²) in [5.41, 5.74) is 4.28. The van der Waals surface area contributed by atoms with E-state index in [-0.39, 0.29) is 11.6 Å². The maximum Gasteiger partial charge on any atom is 0.224 e. The second-order valence-electron chi connectivity index (χ2n) is 5.59. The summed E-state index contributed by atoms with van der Waals surface area (Å²) in [7, 11) is 0. The SMILES string of the molecule is CCNc1nc(N)nc2c1ncn2[C@@H]1O[C@H](CO)[C@@H](O)[C@@]1(C)F. The molecule has 1 fully saturated rings. The number of fused-ring (bicyclic) bond motifs is 1. The lowest BCUT2D eigenvalue weighted by atomic mass is 9.98. The molecule has 0 unspecified atom stereocenters. The molecule has 2 aromatic heterocycles. The van der Waals surface area contributed by atoms with Crippen LogP contribution in [0, 0.1) is 0 Å². The number of imidazole rings is 1. The molecule has 0 aromatic carbocycles. The Morgan fingerprint density at radius 1 is 1.52 bits per heavy atom. The van der Waals surface area contributed by atoms with Crippen LogP contribution >= 0.6 is 0 Å². The second kappa shape index (κ2) is 5.55. The fourth-order valence-corrected chi connectivity index (χ4v) is 2.76. The van der Waals surface area contributed by atoms with Crippen molar-refractivity contribution in [3.8, 4) is 0 Å². The number of nitrogens with one attached hydrogen (secondary N) is 1. The first-order valence-electron chi connectivity index (χ1n) is 7.27. The van der Waals surface area contributed by atoms with Crippen LogP contribution in [-0.4, -0.2) is 60.8 Å². The Labute approximate surface area is 131 Å². The van der Waals surface area contributed by atoms with Crippen molar-refractivity contribution >= 4 is 22.9 Å². The van der Waals surface area contributed by atoms with Crippen LogP contribution < -0.4 is 11.1 Å². The van der Waals surface area contributed by atoms with Crippen LogP contribution in [0.1, 0.15) is 20.1 Å². The summed E-state index contributed by atoms with van der Waals surface area (Å²) >= 11 is 0. The molecule has 1 aliphatic heterocycles. The highest BCUT2D eigenvalue weighted by Crippen LogP contribution is 2.42. The molecule has 0 aliphatic carbocycles. The Kier molecular flexibility index (Phi) is 3.82. The van der Waals surface area contributed by atoms with E-state index in [0.717, 1.165) is 0 Å². The number of aliphatic hydroxyl groups is 2. The first kappa shape index (κ1) is 15.8. The summed E-state index contributed by atoms with van der Waals surface area (Å²) in [6, 6.07) is 0. The highest BCUT2D eigenvalue weighted by molar-refractivity contribution is 5.84. The maximum atomic E-state index is 14.9. The molecule has 10 heteroatoms. The van der Waals surface area contributed by atoms with Gasteiger partial charge < -0.3 is 26.0 Å². The van der Waals surface area contributed by atoms with Crippen LogP contribution in [0.15, 0.2) is 6.33 Å². The number of nitrogens with two attached hydrogens (primary N) is 1. The Morgan fingerprint density at radius 2 is 2.26 bits per heavy atom. The number of rotatable bonds is 4. The Hall–Kier alpha value is -2.04. The van der Waals surface area contributed by atoms with Crippen molar-refractivity contribution in [3.63, 3.8) is 0 Å². The van der Waals surface area contributed by atoms with Gasteiger partial charge >= 0.3 is 0 Å². The Morgan fingerprint density at radius 3 is 2.87 bits per heavy atom. The van der Waals surface area contributed by atoms with Gasteiger partial charge in [-0.05, 0) is 13.8 Å². The van der Waals surface area contributed by atoms with Crippen molar-refractivity contribution in [3.05, 3.63) is 6.33 Å². The third kappa shape index (κ3) is 2.38. The minimum Gasteiger partial charge on any atom is -0.394 e. The normalized spacial score (nSPS) is 30.9.